The molecule has 1 N–H and O–H groups in total. The molecule has 2 aromatic rings. The number of hydrogen-bond donors (Lipinski definition) is 1. The van der Waals surface area contributed by atoms with Gasteiger partial charge < -0.3 is 4.90 Å². The van der Waals surface area contributed by atoms with Crippen molar-refractivity contribution < 1.29 is 13.2 Å². The van der Waals surface area contributed by atoms with Crippen LogP contribution >= 0.6 is 15.9 Å². The number of anilines is 2. The molecule has 29 heavy (non-hydrogen) atoms. The second-order valence-electron chi connectivity index (χ2n) is 6.31. The number of halogens is 1. The lowest BCUT2D eigenvalue weighted by Crippen LogP contribution is -2.39. The number of benzene rings is 2. The zero-order chi connectivity index (χ0) is 21.4. The monoisotopic (exact) mass is 480 g/mol. The molecule has 0 bridgehead atoms. The molecule has 0 aromatic heterocycles. The van der Waals surface area contributed by atoms with E-state index in [1.165, 1.54) is 6.21 Å². The minimum absolute atomic E-state index is 0.368. The predicted octanol–water partition coefficient (Wildman–Crippen LogP) is 3.21. The van der Waals surface area contributed by atoms with Gasteiger partial charge in [-0.1, -0.05) is 34.1 Å². The number of nitrogens with one attached hydrogen (secondary N) is 1. The first-order valence-corrected chi connectivity index (χ1v) is 11.8. The number of amides is 1. The second-order valence-corrected chi connectivity index (χ2v) is 9.13. The molecule has 0 spiro atoms. The van der Waals surface area contributed by atoms with Gasteiger partial charge in [-0.2, -0.15) is 5.10 Å². The minimum atomic E-state index is -3.63. The highest BCUT2D eigenvalue weighted by atomic mass is 79.9. The van der Waals surface area contributed by atoms with Gasteiger partial charge in [0, 0.05) is 23.2 Å². The Labute approximate surface area is 180 Å². The number of sulfonamides is 1. The molecule has 0 radical (unpaired) electrons. The van der Waals surface area contributed by atoms with Crippen LogP contribution in [0.1, 0.15) is 19.4 Å². The van der Waals surface area contributed by atoms with E-state index in [1.807, 2.05) is 24.3 Å². The number of hydrazone groups is 1. The van der Waals surface area contributed by atoms with Gasteiger partial charge in [0.15, 0.2) is 0 Å². The molecule has 0 saturated carbocycles. The van der Waals surface area contributed by atoms with Crippen LogP contribution in [-0.4, -0.2) is 46.4 Å². The van der Waals surface area contributed by atoms with E-state index in [1.54, 1.807) is 24.3 Å². The van der Waals surface area contributed by atoms with Gasteiger partial charge in [0.2, 0.25) is 10.0 Å². The fourth-order valence-electron chi connectivity index (χ4n) is 2.74. The predicted molar refractivity (Wildman–Crippen MR) is 122 cm³/mol. The van der Waals surface area contributed by atoms with Gasteiger partial charge >= 0.3 is 0 Å². The molecule has 156 valence electrons. The summed E-state index contributed by atoms with van der Waals surface area (Å²) < 4.78 is 25.9. The molecule has 0 aliphatic heterocycles. The van der Waals surface area contributed by atoms with Crippen LogP contribution in [0.3, 0.4) is 0 Å². The van der Waals surface area contributed by atoms with E-state index in [-0.39, 0.29) is 6.54 Å². The van der Waals surface area contributed by atoms with Crippen molar-refractivity contribution in [3.8, 4) is 0 Å². The molecular weight excluding hydrogens is 456 g/mol. The summed E-state index contributed by atoms with van der Waals surface area (Å²) >= 11 is 3.31. The Bertz CT molecular complexity index is 958. The van der Waals surface area contributed by atoms with Crippen LogP contribution in [0.2, 0.25) is 0 Å². The Morgan fingerprint density at radius 3 is 2.31 bits per heavy atom. The smallest absolute Gasteiger partial charge is 0.260 e. The largest absolute Gasteiger partial charge is 0.372 e. The summed E-state index contributed by atoms with van der Waals surface area (Å²) in [4.78, 5) is 14.4. The molecule has 2 aromatic carbocycles. The van der Waals surface area contributed by atoms with Crippen molar-refractivity contribution in [1.82, 2.24) is 5.43 Å². The lowest BCUT2D eigenvalue weighted by Gasteiger charge is -2.21. The first kappa shape index (κ1) is 22.9. The van der Waals surface area contributed by atoms with Crippen molar-refractivity contribution in [3.05, 3.63) is 58.6 Å². The van der Waals surface area contributed by atoms with Crippen molar-refractivity contribution >= 4 is 49.4 Å². The van der Waals surface area contributed by atoms with Gasteiger partial charge in [0.1, 0.15) is 6.54 Å². The quantitative estimate of drug-likeness (QED) is 0.441. The summed E-state index contributed by atoms with van der Waals surface area (Å²) in [5.74, 6) is -0.536. The summed E-state index contributed by atoms with van der Waals surface area (Å²) in [6, 6.07) is 14.6. The summed E-state index contributed by atoms with van der Waals surface area (Å²) in [5.41, 5.74) is 4.72. The van der Waals surface area contributed by atoms with Crippen LogP contribution in [0.15, 0.2) is 58.1 Å². The number of nitrogens with zero attached hydrogens (tertiary/aromatic N) is 3. The number of hydrogen-bond acceptors (Lipinski definition) is 5. The fraction of sp³-hybridized carbons (Fsp3) is 0.300. The van der Waals surface area contributed by atoms with E-state index >= 15 is 0 Å². The Morgan fingerprint density at radius 2 is 1.76 bits per heavy atom. The molecule has 9 heteroatoms. The molecule has 1 amide bonds. The highest BCUT2D eigenvalue weighted by molar-refractivity contribution is 9.10. The number of carbonyl (C=O) groups excluding carboxylic acids is 1. The van der Waals surface area contributed by atoms with E-state index in [9.17, 15) is 13.2 Å². The number of rotatable bonds is 9. The highest BCUT2D eigenvalue weighted by Gasteiger charge is 2.20. The molecular formula is C20H25BrN4O3S. The highest BCUT2D eigenvalue weighted by Crippen LogP contribution is 2.21. The van der Waals surface area contributed by atoms with E-state index in [2.05, 4.69) is 45.2 Å². The van der Waals surface area contributed by atoms with Gasteiger partial charge in [-0.25, -0.2) is 13.8 Å². The average Bonchev–Trinajstić information content (AvgIpc) is 2.67. The first-order valence-electron chi connectivity index (χ1n) is 9.14. The van der Waals surface area contributed by atoms with E-state index in [0.717, 1.165) is 39.4 Å². The van der Waals surface area contributed by atoms with Gasteiger partial charge in [-0.3, -0.25) is 9.10 Å². The zero-order valence-corrected chi connectivity index (χ0v) is 19.1. The van der Waals surface area contributed by atoms with E-state index in [4.69, 9.17) is 0 Å². The summed E-state index contributed by atoms with van der Waals surface area (Å²) in [6.07, 6.45) is 2.58. The molecule has 0 saturated heterocycles. The van der Waals surface area contributed by atoms with Crippen molar-refractivity contribution in [1.29, 1.82) is 0 Å². The van der Waals surface area contributed by atoms with Crippen LogP contribution in [0, 0.1) is 0 Å². The van der Waals surface area contributed by atoms with Crippen LogP contribution in [0.5, 0.6) is 0 Å². The standard InChI is InChI=1S/C20H25BrN4O3S/c1-4-24(5-2)18-11-9-16(10-12-18)14-22-23-20(26)15-25(29(3,27)28)19-8-6-7-17(21)13-19/h6-14H,4-5,15H2,1-3H3,(H,23,26)/b22-14-. The topological polar surface area (TPSA) is 82.1 Å². The molecule has 0 aliphatic rings. The second kappa shape index (κ2) is 10.4. The van der Waals surface area contributed by atoms with Crippen molar-refractivity contribution in [2.24, 2.45) is 5.10 Å². The number of carbonyl (C=O) groups is 1. The van der Waals surface area contributed by atoms with Crippen LogP contribution < -0.4 is 14.6 Å². The molecule has 0 aliphatic carbocycles. The third-order valence-electron chi connectivity index (χ3n) is 4.21. The van der Waals surface area contributed by atoms with Crippen LogP contribution in [0.25, 0.3) is 0 Å². The normalized spacial score (nSPS) is 11.4. The van der Waals surface area contributed by atoms with Crippen molar-refractivity contribution in [3.63, 3.8) is 0 Å². The molecule has 0 fully saturated rings. The van der Waals surface area contributed by atoms with E-state index < -0.39 is 15.9 Å². The van der Waals surface area contributed by atoms with Crippen molar-refractivity contribution in [2.75, 3.05) is 35.1 Å². The Morgan fingerprint density at radius 1 is 1.10 bits per heavy atom. The molecule has 0 atom stereocenters. The lowest BCUT2D eigenvalue weighted by atomic mass is 10.2. The lowest BCUT2D eigenvalue weighted by molar-refractivity contribution is -0.119. The maximum Gasteiger partial charge on any atom is 0.260 e. The Balaban J connectivity index is 2.02. The SMILES string of the molecule is CCN(CC)c1ccc(/C=N\NC(=O)CN(c2cccc(Br)c2)S(C)(=O)=O)cc1. The molecule has 0 unspecified atom stereocenters. The van der Waals surface area contributed by atoms with Gasteiger partial charge in [-0.05, 0) is 49.7 Å². The molecule has 2 rings (SSSR count). The molecule has 0 heterocycles. The first-order chi connectivity index (χ1) is 13.7. The maximum absolute atomic E-state index is 12.2. The fourth-order valence-corrected chi connectivity index (χ4v) is 3.97. The van der Waals surface area contributed by atoms with Gasteiger partial charge in [0.05, 0.1) is 18.2 Å². The average molecular weight is 481 g/mol. The van der Waals surface area contributed by atoms with Crippen LogP contribution in [0.4, 0.5) is 11.4 Å². The molecule has 7 nitrogen and oxygen atoms in total. The van der Waals surface area contributed by atoms with Gasteiger partial charge in [0.25, 0.3) is 5.91 Å². The Hall–Kier alpha value is -2.39. The third-order valence-corrected chi connectivity index (χ3v) is 5.84. The zero-order valence-electron chi connectivity index (χ0n) is 16.7. The minimum Gasteiger partial charge on any atom is -0.372 e. The van der Waals surface area contributed by atoms with Crippen LogP contribution in [-0.2, 0) is 14.8 Å². The summed E-state index contributed by atoms with van der Waals surface area (Å²) in [6.45, 7) is 5.68. The van der Waals surface area contributed by atoms with Crippen molar-refractivity contribution in [2.45, 2.75) is 13.8 Å². The third kappa shape index (κ3) is 6.86. The van der Waals surface area contributed by atoms with Gasteiger partial charge in [-0.15, -0.1) is 0 Å². The Kier molecular flexibility index (Phi) is 8.21. The van der Waals surface area contributed by atoms with E-state index in [0.29, 0.717) is 5.69 Å². The summed E-state index contributed by atoms with van der Waals surface area (Å²) in [5, 5.41) is 3.93. The maximum atomic E-state index is 12.2. The summed E-state index contributed by atoms with van der Waals surface area (Å²) in [7, 11) is -3.63.